The van der Waals surface area contributed by atoms with Crippen LogP contribution in [0.4, 0.5) is 13.2 Å². The fraction of sp³-hybridized carbons (Fsp3) is 0.433. The topological polar surface area (TPSA) is 98.3 Å². The van der Waals surface area contributed by atoms with Crippen molar-refractivity contribution in [1.82, 2.24) is 9.97 Å². The summed E-state index contributed by atoms with van der Waals surface area (Å²) < 4.78 is 49.8. The van der Waals surface area contributed by atoms with E-state index in [-0.39, 0.29) is 42.9 Å². The Morgan fingerprint density at radius 1 is 1.10 bits per heavy atom. The van der Waals surface area contributed by atoms with Gasteiger partial charge in [0.1, 0.15) is 34.4 Å². The highest BCUT2D eigenvalue weighted by atomic mass is 19.1. The molecule has 1 saturated heterocycles. The summed E-state index contributed by atoms with van der Waals surface area (Å²) in [6, 6.07) is 6.06. The van der Waals surface area contributed by atoms with Gasteiger partial charge < -0.3 is 15.6 Å². The van der Waals surface area contributed by atoms with Gasteiger partial charge in [-0.3, -0.25) is 9.78 Å². The molecule has 3 heterocycles. The zero-order valence-electron chi connectivity index (χ0n) is 22.0. The number of carbonyl (C=O) groups is 1. The summed E-state index contributed by atoms with van der Waals surface area (Å²) in [5.41, 5.74) is 5.19. The van der Waals surface area contributed by atoms with E-state index >= 15 is 8.78 Å². The third-order valence-electron chi connectivity index (χ3n) is 8.08. The van der Waals surface area contributed by atoms with Crippen LogP contribution in [0.15, 0.2) is 42.7 Å². The molecule has 2 aliphatic rings. The lowest BCUT2D eigenvalue weighted by atomic mass is 9.71. The number of ether oxygens (including phenoxy) is 1. The van der Waals surface area contributed by atoms with Gasteiger partial charge >= 0.3 is 0 Å². The number of nitrogens with two attached hydrogens (primary N) is 1. The Morgan fingerprint density at radius 2 is 1.82 bits per heavy atom. The molecule has 9 heteroatoms. The predicted molar refractivity (Wildman–Crippen MR) is 139 cm³/mol. The molecule has 0 bridgehead atoms. The van der Waals surface area contributed by atoms with Crippen LogP contribution in [0.2, 0.25) is 0 Å². The average molecular weight is 540 g/mol. The highest BCUT2D eigenvalue weighted by Gasteiger charge is 2.39. The first-order valence-corrected chi connectivity index (χ1v) is 13.2. The quantitative estimate of drug-likeness (QED) is 0.407. The molecule has 1 aliphatic heterocycles. The van der Waals surface area contributed by atoms with E-state index in [0.29, 0.717) is 11.8 Å². The number of hydrogen-bond acceptors (Lipinski definition) is 6. The lowest BCUT2D eigenvalue weighted by Crippen LogP contribution is -2.46. The van der Waals surface area contributed by atoms with E-state index in [1.54, 1.807) is 12.4 Å². The largest absolute Gasteiger partial charge is 0.380 e. The highest BCUT2D eigenvalue weighted by molar-refractivity contribution is 5.96. The van der Waals surface area contributed by atoms with Crippen LogP contribution in [0.25, 0.3) is 11.3 Å². The van der Waals surface area contributed by atoms with Crippen LogP contribution >= 0.6 is 0 Å². The van der Waals surface area contributed by atoms with Crippen LogP contribution in [-0.4, -0.2) is 40.1 Å². The Morgan fingerprint density at radius 3 is 2.46 bits per heavy atom. The first-order chi connectivity index (χ1) is 18.6. The van der Waals surface area contributed by atoms with Crippen molar-refractivity contribution in [1.29, 1.82) is 0 Å². The van der Waals surface area contributed by atoms with E-state index in [1.807, 2.05) is 6.07 Å². The van der Waals surface area contributed by atoms with Crippen LogP contribution in [0.5, 0.6) is 0 Å². The Labute approximate surface area is 225 Å². The number of nitrogens with zero attached hydrogens (tertiary/aromatic N) is 2. The molecule has 3 atom stereocenters. The summed E-state index contributed by atoms with van der Waals surface area (Å²) >= 11 is 0. The van der Waals surface area contributed by atoms with Gasteiger partial charge in [0.05, 0.1) is 18.8 Å². The smallest absolute Gasteiger partial charge is 0.185 e. The van der Waals surface area contributed by atoms with E-state index in [1.165, 1.54) is 6.07 Å². The molecule has 3 N–H and O–H groups in total. The fourth-order valence-electron chi connectivity index (χ4n) is 5.76. The lowest BCUT2D eigenvalue weighted by Gasteiger charge is -2.36. The number of hydrogen-bond donors (Lipinski definition) is 2. The van der Waals surface area contributed by atoms with E-state index in [2.05, 4.69) is 23.8 Å². The fourth-order valence-corrected chi connectivity index (χ4v) is 5.76. The molecular formula is C30H32F3N3O3. The molecular weight excluding hydrogens is 507 g/mol. The molecule has 6 nitrogen and oxygen atoms in total. The van der Waals surface area contributed by atoms with Crippen molar-refractivity contribution >= 4 is 5.78 Å². The molecule has 1 aromatic carbocycles. The monoisotopic (exact) mass is 539 g/mol. The third-order valence-corrected chi connectivity index (χ3v) is 8.08. The van der Waals surface area contributed by atoms with Gasteiger partial charge in [0.2, 0.25) is 0 Å². The molecule has 1 saturated carbocycles. The zero-order chi connectivity index (χ0) is 27.9. The molecule has 0 unspecified atom stereocenters. The molecule has 2 fully saturated rings. The molecule has 5 rings (SSSR count). The molecule has 39 heavy (non-hydrogen) atoms. The van der Waals surface area contributed by atoms with Gasteiger partial charge in [0.15, 0.2) is 5.78 Å². The minimum Gasteiger partial charge on any atom is -0.380 e. The van der Waals surface area contributed by atoms with Crippen LogP contribution in [0.3, 0.4) is 0 Å². The van der Waals surface area contributed by atoms with Crippen molar-refractivity contribution in [2.75, 3.05) is 13.2 Å². The van der Waals surface area contributed by atoms with Crippen LogP contribution in [0.1, 0.15) is 66.2 Å². The number of aliphatic hydroxyl groups is 1. The maximum Gasteiger partial charge on any atom is 0.185 e. The first kappa shape index (κ1) is 27.4. The Bertz CT molecular complexity index is 1370. The maximum absolute atomic E-state index is 15.0. The summed E-state index contributed by atoms with van der Waals surface area (Å²) in [5, 5.41) is 10.4. The number of Topliss-reactive ketones (excluding diaryl/α,β-unsaturated/α-hetero) is 1. The minimum atomic E-state index is -1.50. The van der Waals surface area contributed by atoms with Crippen molar-refractivity contribution in [2.45, 2.75) is 57.1 Å². The summed E-state index contributed by atoms with van der Waals surface area (Å²) in [5.74, 6) is -2.43. The summed E-state index contributed by atoms with van der Waals surface area (Å²) in [7, 11) is 0. The normalized spacial score (nSPS) is 22.5. The Balaban J connectivity index is 1.42. The van der Waals surface area contributed by atoms with Crippen molar-refractivity contribution in [2.24, 2.45) is 17.6 Å². The third kappa shape index (κ3) is 5.48. The lowest BCUT2D eigenvalue weighted by molar-refractivity contribution is -0.184. The van der Waals surface area contributed by atoms with Crippen molar-refractivity contribution in [3.8, 4) is 11.3 Å². The molecule has 0 radical (unpaired) electrons. The molecule has 1 aliphatic carbocycles. The van der Waals surface area contributed by atoms with Gasteiger partial charge in [-0.25, -0.2) is 18.2 Å². The second-order valence-electron chi connectivity index (χ2n) is 11.2. The number of halogens is 3. The van der Waals surface area contributed by atoms with Gasteiger partial charge in [-0.2, -0.15) is 0 Å². The highest BCUT2D eigenvalue weighted by Crippen LogP contribution is 2.40. The van der Waals surface area contributed by atoms with Gasteiger partial charge in [-0.15, -0.1) is 0 Å². The molecule has 0 amide bonds. The van der Waals surface area contributed by atoms with Crippen molar-refractivity contribution in [3.63, 3.8) is 0 Å². The number of carbonyl (C=O) groups excluding carboxylic acids is 1. The Kier molecular flexibility index (Phi) is 7.59. The van der Waals surface area contributed by atoms with Gasteiger partial charge in [0, 0.05) is 24.9 Å². The molecule has 3 aromatic rings. The van der Waals surface area contributed by atoms with Gasteiger partial charge in [-0.1, -0.05) is 13.8 Å². The average Bonchev–Trinajstić information content (AvgIpc) is 2.87. The molecule has 206 valence electrons. The Hall–Kier alpha value is -3.14. The van der Waals surface area contributed by atoms with E-state index in [0.717, 1.165) is 48.6 Å². The predicted octanol–water partition coefficient (Wildman–Crippen LogP) is 5.07. The van der Waals surface area contributed by atoms with E-state index in [4.69, 9.17) is 10.5 Å². The standard InChI is InChI=1S/C30H32F3N3O3/c1-16(2)17-7-18(9-21(34)8-17)22-5-6-35-13-19(22)10-27(37)26-4-3-23(31)29(36-26)28-24(32)11-20(12-25(28)33)30(38)14-39-15-30/h3-6,11-13,16-18,21,38H,7-10,14-15,34H2,1-2H3/t17-,18+,21-/m0/s1. The van der Waals surface area contributed by atoms with E-state index < -0.39 is 40.1 Å². The number of rotatable bonds is 7. The summed E-state index contributed by atoms with van der Waals surface area (Å²) in [6.45, 7) is 4.20. The minimum absolute atomic E-state index is 0.00798. The van der Waals surface area contributed by atoms with Gasteiger partial charge in [-0.05, 0) is 84.0 Å². The second kappa shape index (κ2) is 10.8. The molecule has 2 aromatic heterocycles. The summed E-state index contributed by atoms with van der Waals surface area (Å²) in [6.07, 6.45) is 6.04. The van der Waals surface area contributed by atoms with E-state index in [9.17, 15) is 14.3 Å². The van der Waals surface area contributed by atoms with Gasteiger partial charge in [0.25, 0.3) is 0 Å². The molecule has 0 spiro atoms. The van der Waals surface area contributed by atoms with Crippen LogP contribution < -0.4 is 5.73 Å². The SMILES string of the molecule is CC(C)[C@@H]1C[C@H](N)C[C@H](c2ccncc2CC(=O)c2ccc(F)c(-c3c(F)cc(C4(O)COC4)cc3F)n2)C1. The van der Waals surface area contributed by atoms with Crippen LogP contribution in [0, 0.1) is 29.3 Å². The number of benzene rings is 1. The number of pyridine rings is 2. The number of aromatic nitrogens is 2. The van der Waals surface area contributed by atoms with Crippen molar-refractivity contribution < 1.29 is 27.8 Å². The van der Waals surface area contributed by atoms with Crippen LogP contribution in [-0.2, 0) is 16.8 Å². The first-order valence-electron chi connectivity index (χ1n) is 13.2. The van der Waals surface area contributed by atoms with Crippen molar-refractivity contribution in [3.05, 3.63) is 82.6 Å². The zero-order valence-corrected chi connectivity index (χ0v) is 22.0. The summed E-state index contributed by atoms with van der Waals surface area (Å²) in [4.78, 5) is 21.6. The maximum atomic E-state index is 15.0. The number of ketones is 1. The second-order valence-corrected chi connectivity index (χ2v) is 11.2.